The third-order valence-electron chi connectivity index (χ3n) is 4.79. The number of ether oxygens (including phenoxy) is 1. The van der Waals surface area contributed by atoms with Gasteiger partial charge >= 0.3 is 0 Å². The zero-order valence-corrected chi connectivity index (χ0v) is 11.6. The minimum Gasteiger partial charge on any atom is -0.364 e. The molecule has 1 aliphatic carbocycles. The first-order chi connectivity index (χ1) is 8.62. The van der Waals surface area contributed by atoms with E-state index in [4.69, 9.17) is 4.74 Å². The fourth-order valence-electron chi connectivity index (χ4n) is 3.38. The van der Waals surface area contributed by atoms with Crippen molar-refractivity contribution in [1.82, 2.24) is 5.32 Å². The second-order valence-corrected chi connectivity index (χ2v) is 6.01. The smallest absolute Gasteiger partial charge is 0.106 e. The highest BCUT2D eigenvalue weighted by molar-refractivity contribution is 5.38. The second-order valence-electron chi connectivity index (χ2n) is 6.01. The largest absolute Gasteiger partial charge is 0.364 e. The van der Waals surface area contributed by atoms with E-state index in [0.717, 1.165) is 13.0 Å². The van der Waals surface area contributed by atoms with Gasteiger partial charge in [0, 0.05) is 12.6 Å². The van der Waals surface area contributed by atoms with E-state index in [-0.39, 0.29) is 11.7 Å². The van der Waals surface area contributed by atoms with Crippen LogP contribution in [0.3, 0.4) is 0 Å². The quantitative estimate of drug-likeness (QED) is 0.758. The molecule has 1 saturated heterocycles. The summed E-state index contributed by atoms with van der Waals surface area (Å²) < 4.78 is 6.44. The van der Waals surface area contributed by atoms with Crippen molar-refractivity contribution in [3.05, 3.63) is 35.4 Å². The summed E-state index contributed by atoms with van der Waals surface area (Å²) in [5.74, 6) is 0.657. The average molecular weight is 245 g/mol. The van der Waals surface area contributed by atoms with Gasteiger partial charge in [0.05, 0.1) is 6.10 Å². The summed E-state index contributed by atoms with van der Waals surface area (Å²) in [4.78, 5) is 0. The van der Waals surface area contributed by atoms with E-state index in [0.29, 0.717) is 12.0 Å². The van der Waals surface area contributed by atoms with Crippen LogP contribution in [0.15, 0.2) is 24.3 Å². The van der Waals surface area contributed by atoms with Gasteiger partial charge in [0.1, 0.15) is 5.60 Å². The van der Waals surface area contributed by atoms with Crippen molar-refractivity contribution in [3.8, 4) is 0 Å². The predicted octanol–water partition coefficient (Wildman–Crippen LogP) is 3.18. The fraction of sp³-hybridized carbons (Fsp3) is 0.625. The molecular formula is C16H23NO. The van der Waals surface area contributed by atoms with Crippen LogP contribution in [-0.4, -0.2) is 18.7 Å². The molecule has 18 heavy (non-hydrogen) atoms. The van der Waals surface area contributed by atoms with Gasteiger partial charge < -0.3 is 10.1 Å². The summed E-state index contributed by atoms with van der Waals surface area (Å²) in [5.41, 5.74) is 2.80. The molecule has 2 nitrogen and oxygen atoms in total. The van der Waals surface area contributed by atoms with Crippen LogP contribution in [0.25, 0.3) is 0 Å². The summed E-state index contributed by atoms with van der Waals surface area (Å²) in [7, 11) is 0. The average Bonchev–Trinajstić information content (AvgIpc) is 2.39. The van der Waals surface area contributed by atoms with Gasteiger partial charge in [0.25, 0.3) is 0 Å². The zero-order valence-electron chi connectivity index (χ0n) is 11.6. The fourth-order valence-corrected chi connectivity index (χ4v) is 3.38. The maximum atomic E-state index is 6.44. The van der Waals surface area contributed by atoms with E-state index in [2.05, 4.69) is 50.4 Å². The molecule has 1 aliphatic heterocycles. The van der Waals surface area contributed by atoms with E-state index in [1.165, 1.54) is 17.5 Å². The lowest BCUT2D eigenvalue weighted by Gasteiger charge is -2.48. The summed E-state index contributed by atoms with van der Waals surface area (Å²) >= 11 is 0. The maximum absolute atomic E-state index is 6.44. The van der Waals surface area contributed by atoms with Gasteiger partial charge in [-0.2, -0.15) is 0 Å². The molecule has 4 unspecified atom stereocenters. The van der Waals surface area contributed by atoms with Gasteiger partial charge in [0.2, 0.25) is 0 Å². The number of morpholine rings is 1. The van der Waals surface area contributed by atoms with Crippen LogP contribution in [-0.2, 0) is 10.3 Å². The number of rotatable bonds is 0. The van der Waals surface area contributed by atoms with Crippen LogP contribution < -0.4 is 5.32 Å². The molecule has 0 radical (unpaired) electrons. The van der Waals surface area contributed by atoms with Crippen molar-refractivity contribution >= 4 is 0 Å². The molecule has 2 heteroatoms. The topological polar surface area (TPSA) is 21.3 Å². The summed E-state index contributed by atoms with van der Waals surface area (Å²) in [6.07, 6.45) is 2.63. The lowest BCUT2D eigenvalue weighted by atomic mass is 9.73. The third-order valence-corrected chi connectivity index (χ3v) is 4.79. The van der Waals surface area contributed by atoms with Gasteiger partial charge in [-0.3, -0.25) is 0 Å². The number of nitrogens with one attached hydrogen (secondary N) is 1. The molecular weight excluding hydrogens is 222 g/mol. The van der Waals surface area contributed by atoms with Crippen molar-refractivity contribution in [1.29, 1.82) is 0 Å². The highest BCUT2D eigenvalue weighted by atomic mass is 16.5. The summed E-state index contributed by atoms with van der Waals surface area (Å²) in [6.45, 7) is 7.66. The van der Waals surface area contributed by atoms with E-state index >= 15 is 0 Å². The monoisotopic (exact) mass is 245 g/mol. The molecule has 1 aromatic carbocycles. The number of fused-ring (bicyclic) bond motifs is 2. The summed E-state index contributed by atoms with van der Waals surface area (Å²) in [5, 5.41) is 3.62. The molecule has 1 fully saturated rings. The summed E-state index contributed by atoms with van der Waals surface area (Å²) in [6, 6.07) is 9.27. The van der Waals surface area contributed by atoms with Gasteiger partial charge in [-0.25, -0.2) is 0 Å². The van der Waals surface area contributed by atoms with Crippen LogP contribution in [0.5, 0.6) is 0 Å². The highest BCUT2D eigenvalue weighted by Gasteiger charge is 2.44. The molecule has 1 heterocycles. The Labute approximate surface area is 110 Å². The van der Waals surface area contributed by atoms with Crippen LogP contribution in [0.2, 0.25) is 0 Å². The molecule has 0 saturated carbocycles. The van der Waals surface area contributed by atoms with Gasteiger partial charge in [0.15, 0.2) is 0 Å². The molecule has 1 aromatic rings. The highest BCUT2D eigenvalue weighted by Crippen LogP contribution is 2.45. The van der Waals surface area contributed by atoms with E-state index in [9.17, 15) is 0 Å². The number of hydrogen-bond donors (Lipinski definition) is 1. The minimum atomic E-state index is -0.0883. The van der Waals surface area contributed by atoms with Crippen LogP contribution >= 0.6 is 0 Å². The van der Waals surface area contributed by atoms with Crippen LogP contribution in [0, 0.1) is 0 Å². The SMILES string of the molecule is CC1CCC2(CNC(C)C(C)O2)c2ccccc21. The van der Waals surface area contributed by atoms with Gasteiger partial charge in [-0.15, -0.1) is 0 Å². The Morgan fingerprint density at radius 3 is 2.78 bits per heavy atom. The Bertz CT molecular complexity index is 444. The Kier molecular flexibility index (Phi) is 2.95. The Morgan fingerprint density at radius 1 is 1.22 bits per heavy atom. The standard InChI is InChI=1S/C16H23NO/c1-11-8-9-16(10-17-12(2)13(3)18-16)15-7-5-4-6-14(11)15/h4-7,11-13,17H,8-10H2,1-3H3. The number of benzene rings is 1. The first-order valence-corrected chi connectivity index (χ1v) is 7.13. The van der Waals surface area contributed by atoms with Crippen molar-refractivity contribution in [2.24, 2.45) is 0 Å². The zero-order chi connectivity index (χ0) is 12.8. The number of hydrogen-bond acceptors (Lipinski definition) is 2. The minimum absolute atomic E-state index is 0.0883. The maximum Gasteiger partial charge on any atom is 0.106 e. The van der Waals surface area contributed by atoms with Crippen molar-refractivity contribution in [3.63, 3.8) is 0 Å². The Hall–Kier alpha value is -0.860. The van der Waals surface area contributed by atoms with Crippen molar-refractivity contribution in [2.45, 2.75) is 57.3 Å². The molecule has 0 aromatic heterocycles. The normalized spacial score (nSPS) is 39.6. The molecule has 3 rings (SSSR count). The van der Waals surface area contributed by atoms with Crippen molar-refractivity contribution in [2.75, 3.05) is 6.54 Å². The Morgan fingerprint density at radius 2 is 2.00 bits per heavy atom. The first-order valence-electron chi connectivity index (χ1n) is 7.13. The molecule has 1 spiro atoms. The van der Waals surface area contributed by atoms with E-state index in [1.807, 2.05) is 0 Å². The Balaban J connectivity index is 2.01. The second kappa shape index (κ2) is 4.36. The predicted molar refractivity (Wildman–Crippen MR) is 73.8 cm³/mol. The molecule has 2 aliphatic rings. The molecule has 0 bridgehead atoms. The van der Waals surface area contributed by atoms with Crippen LogP contribution in [0.4, 0.5) is 0 Å². The van der Waals surface area contributed by atoms with Crippen LogP contribution in [0.1, 0.15) is 50.7 Å². The first kappa shape index (κ1) is 12.2. The van der Waals surface area contributed by atoms with E-state index in [1.54, 1.807) is 0 Å². The molecule has 0 amide bonds. The lowest BCUT2D eigenvalue weighted by molar-refractivity contribution is -0.140. The molecule has 98 valence electrons. The van der Waals surface area contributed by atoms with Crippen molar-refractivity contribution < 1.29 is 4.74 Å². The third kappa shape index (κ3) is 1.79. The molecule has 1 N–H and O–H groups in total. The van der Waals surface area contributed by atoms with Gasteiger partial charge in [-0.05, 0) is 43.7 Å². The molecule has 4 atom stereocenters. The van der Waals surface area contributed by atoms with Gasteiger partial charge in [-0.1, -0.05) is 31.2 Å². The lowest BCUT2D eigenvalue weighted by Crippen LogP contribution is -2.56. The van der Waals surface area contributed by atoms with E-state index < -0.39 is 0 Å².